The number of rotatable bonds is 3. The fraction of sp³-hybridized carbons (Fsp3) is 1.00. The molecule has 116 valence electrons. The van der Waals surface area contributed by atoms with E-state index in [4.69, 9.17) is 5.73 Å². The number of hydrogen-bond acceptors (Lipinski definition) is 2. The summed E-state index contributed by atoms with van der Waals surface area (Å²) >= 11 is 0. The van der Waals surface area contributed by atoms with Gasteiger partial charge < -0.3 is 5.73 Å². The lowest BCUT2D eigenvalue weighted by Crippen LogP contribution is -2.51. The Morgan fingerprint density at radius 3 is 2.05 bits per heavy atom. The molecule has 2 N–H and O–H groups in total. The van der Waals surface area contributed by atoms with Gasteiger partial charge in [-0.25, -0.2) is 0 Å². The zero-order valence-electron chi connectivity index (χ0n) is 13.3. The van der Waals surface area contributed by atoms with Crippen LogP contribution in [0.4, 0.5) is 0 Å². The standard InChI is InChI=1S/C18H34N2/c19-15-17(16-7-3-1-4-8-16)20-13-11-18(12-14-20)9-5-2-6-10-18/h16-17H,1-15,19H2. The van der Waals surface area contributed by atoms with Crippen LogP contribution in [0.25, 0.3) is 0 Å². The highest BCUT2D eigenvalue weighted by Crippen LogP contribution is 2.45. The quantitative estimate of drug-likeness (QED) is 0.847. The average molecular weight is 278 g/mol. The second kappa shape index (κ2) is 6.79. The van der Waals surface area contributed by atoms with Gasteiger partial charge >= 0.3 is 0 Å². The van der Waals surface area contributed by atoms with Gasteiger partial charge in [0.05, 0.1) is 0 Å². The van der Waals surface area contributed by atoms with Crippen molar-refractivity contribution in [1.29, 1.82) is 0 Å². The van der Waals surface area contributed by atoms with Crippen LogP contribution in [-0.4, -0.2) is 30.6 Å². The van der Waals surface area contributed by atoms with Crippen molar-refractivity contribution in [2.75, 3.05) is 19.6 Å². The Balaban J connectivity index is 1.55. The molecule has 2 saturated carbocycles. The van der Waals surface area contributed by atoms with E-state index in [0.29, 0.717) is 6.04 Å². The summed E-state index contributed by atoms with van der Waals surface area (Å²) in [5.74, 6) is 0.897. The molecular weight excluding hydrogens is 244 g/mol. The highest BCUT2D eigenvalue weighted by Gasteiger charge is 2.38. The predicted octanol–water partition coefficient (Wildman–Crippen LogP) is 3.94. The third-order valence-corrected chi connectivity index (χ3v) is 6.68. The number of nitrogens with zero attached hydrogens (tertiary/aromatic N) is 1. The second-order valence-electron chi connectivity index (χ2n) is 7.80. The fourth-order valence-electron chi connectivity index (χ4n) is 5.29. The van der Waals surface area contributed by atoms with Crippen molar-refractivity contribution in [3.63, 3.8) is 0 Å². The van der Waals surface area contributed by atoms with Crippen LogP contribution in [0, 0.1) is 11.3 Å². The van der Waals surface area contributed by atoms with E-state index in [1.165, 1.54) is 90.1 Å². The Hall–Kier alpha value is -0.0800. The number of likely N-dealkylation sites (tertiary alicyclic amines) is 1. The molecule has 0 aromatic heterocycles. The van der Waals surface area contributed by atoms with E-state index in [9.17, 15) is 0 Å². The molecule has 3 aliphatic rings. The largest absolute Gasteiger partial charge is 0.329 e. The molecule has 3 fully saturated rings. The molecule has 1 atom stereocenters. The monoisotopic (exact) mass is 278 g/mol. The van der Waals surface area contributed by atoms with Crippen molar-refractivity contribution < 1.29 is 0 Å². The van der Waals surface area contributed by atoms with Gasteiger partial charge in [0.25, 0.3) is 0 Å². The zero-order chi connectivity index (χ0) is 13.8. The molecule has 1 aliphatic heterocycles. The topological polar surface area (TPSA) is 29.3 Å². The highest BCUT2D eigenvalue weighted by atomic mass is 15.2. The molecule has 1 saturated heterocycles. The molecule has 0 radical (unpaired) electrons. The minimum absolute atomic E-state index is 0.691. The molecule has 0 aromatic rings. The Labute approximate surface area is 125 Å². The van der Waals surface area contributed by atoms with Crippen LogP contribution >= 0.6 is 0 Å². The Morgan fingerprint density at radius 2 is 1.45 bits per heavy atom. The van der Waals surface area contributed by atoms with E-state index < -0.39 is 0 Å². The summed E-state index contributed by atoms with van der Waals surface area (Å²) in [5.41, 5.74) is 6.90. The summed E-state index contributed by atoms with van der Waals surface area (Å²) in [4.78, 5) is 2.77. The summed E-state index contributed by atoms with van der Waals surface area (Å²) in [5, 5.41) is 0. The number of hydrogen-bond donors (Lipinski definition) is 1. The van der Waals surface area contributed by atoms with Gasteiger partial charge in [0.2, 0.25) is 0 Å². The first kappa shape index (κ1) is 14.8. The zero-order valence-corrected chi connectivity index (χ0v) is 13.3. The van der Waals surface area contributed by atoms with Crippen molar-refractivity contribution in [3.05, 3.63) is 0 Å². The molecule has 2 heteroatoms. The Kier molecular flexibility index (Phi) is 5.04. The fourth-order valence-corrected chi connectivity index (χ4v) is 5.29. The SMILES string of the molecule is NCC(C1CCCCC1)N1CCC2(CCCCC2)CC1. The lowest BCUT2D eigenvalue weighted by atomic mass is 9.67. The van der Waals surface area contributed by atoms with Gasteiger partial charge in [-0.1, -0.05) is 38.5 Å². The van der Waals surface area contributed by atoms with Gasteiger partial charge in [-0.2, -0.15) is 0 Å². The maximum absolute atomic E-state index is 6.16. The third kappa shape index (κ3) is 3.22. The van der Waals surface area contributed by atoms with E-state index in [1.807, 2.05) is 0 Å². The second-order valence-corrected chi connectivity index (χ2v) is 7.80. The van der Waals surface area contributed by atoms with Crippen LogP contribution in [0.1, 0.15) is 77.0 Å². The summed E-state index contributed by atoms with van der Waals surface area (Å²) in [6.07, 6.45) is 17.6. The van der Waals surface area contributed by atoms with E-state index in [2.05, 4.69) is 4.90 Å². The summed E-state index contributed by atoms with van der Waals surface area (Å²) in [7, 11) is 0. The normalized spacial score (nSPS) is 30.4. The van der Waals surface area contributed by atoms with Crippen LogP contribution in [-0.2, 0) is 0 Å². The lowest BCUT2D eigenvalue weighted by Gasteiger charge is -2.48. The maximum Gasteiger partial charge on any atom is 0.0246 e. The molecule has 0 amide bonds. The van der Waals surface area contributed by atoms with Crippen molar-refractivity contribution in [2.24, 2.45) is 17.1 Å². The van der Waals surface area contributed by atoms with Gasteiger partial charge in [-0.3, -0.25) is 4.90 Å². The smallest absolute Gasteiger partial charge is 0.0246 e. The van der Waals surface area contributed by atoms with Crippen molar-refractivity contribution in [3.8, 4) is 0 Å². The van der Waals surface area contributed by atoms with Crippen LogP contribution in [0.2, 0.25) is 0 Å². The average Bonchev–Trinajstić information content (AvgIpc) is 2.52. The van der Waals surface area contributed by atoms with E-state index in [1.54, 1.807) is 0 Å². The summed E-state index contributed by atoms with van der Waals surface area (Å²) < 4.78 is 0. The maximum atomic E-state index is 6.16. The van der Waals surface area contributed by atoms with Crippen molar-refractivity contribution in [2.45, 2.75) is 83.1 Å². The Bertz CT molecular complexity index is 280. The number of piperidine rings is 1. The first-order chi connectivity index (χ1) is 9.83. The molecule has 0 bridgehead atoms. The molecule has 2 nitrogen and oxygen atoms in total. The van der Waals surface area contributed by atoms with Crippen molar-refractivity contribution >= 4 is 0 Å². The van der Waals surface area contributed by atoms with Gasteiger partial charge in [-0.15, -0.1) is 0 Å². The number of nitrogens with two attached hydrogens (primary N) is 1. The predicted molar refractivity (Wildman–Crippen MR) is 85.7 cm³/mol. The molecule has 1 unspecified atom stereocenters. The first-order valence-electron chi connectivity index (χ1n) is 9.27. The van der Waals surface area contributed by atoms with Gasteiger partial charge in [0.1, 0.15) is 0 Å². The van der Waals surface area contributed by atoms with Crippen molar-refractivity contribution in [1.82, 2.24) is 4.90 Å². The van der Waals surface area contributed by atoms with Gasteiger partial charge in [0.15, 0.2) is 0 Å². The summed E-state index contributed by atoms with van der Waals surface area (Å²) in [6, 6.07) is 0.691. The molecular formula is C18H34N2. The Morgan fingerprint density at radius 1 is 0.850 bits per heavy atom. The van der Waals surface area contributed by atoms with Crippen LogP contribution in [0.3, 0.4) is 0 Å². The van der Waals surface area contributed by atoms with Crippen LogP contribution in [0.15, 0.2) is 0 Å². The third-order valence-electron chi connectivity index (χ3n) is 6.68. The molecule has 0 aromatic carbocycles. The van der Waals surface area contributed by atoms with Gasteiger partial charge in [0, 0.05) is 12.6 Å². The lowest BCUT2D eigenvalue weighted by molar-refractivity contribution is 0.0250. The summed E-state index contributed by atoms with van der Waals surface area (Å²) in [6.45, 7) is 3.55. The van der Waals surface area contributed by atoms with Crippen LogP contribution < -0.4 is 5.73 Å². The first-order valence-corrected chi connectivity index (χ1v) is 9.27. The minimum atomic E-state index is 0.691. The van der Waals surface area contributed by atoms with E-state index >= 15 is 0 Å². The minimum Gasteiger partial charge on any atom is -0.329 e. The molecule has 1 heterocycles. The molecule has 1 spiro atoms. The van der Waals surface area contributed by atoms with Crippen LogP contribution in [0.5, 0.6) is 0 Å². The van der Waals surface area contributed by atoms with Gasteiger partial charge in [-0.05, 0) is 62.9 Å². The van der Waals surface area contributed by atoms with E-state index in [0.717, 1.165) is 17.9 Å². The van der Waals surface area contributed by atoms with E-state index in [-0.39, 0.29) is 0 Å². The molecule has 2 aliphatic carbocycles. The highest BCUT2D eigenvalue weighted by molar-refractivity contribution is 4.92. The molecule has 3 rings (SSSR count). The molecule has 20 heavy (non-hydrogen) atoms.